The van der Waals surface area contributed by atoms with Crippen molar-refractivity contribution in [3.8, 4) is 0 Å². The number of aliphatic hydroxyl groups is 2. The van der Waals surface area contributed by atoms with Crippen LogP contribution in [0.2, 0.25) is 0 Å². The molecule has 0 aliphatic carbocycles. The highest BCUT2D eigenvalue weighted by molar-refractivity contribution is 7.99. The fourth-order valence-corrected chi connectivity index (χ4v) is 2.08. The van der Waals surface area contributed by atoms with Gasteiger partial charge in [0.2, 0.25) is 0 Å². The highest BCUT2D eigenvalue weighted by atomic mass is 32.2. The number of ether oxygens (including phenoxy) is 1. The highest BCUT2D eigenvalue weighted by Crippen LogP contribution is 2.21. The minimum atomic E-state index is -0.425. The monoisotopic (exact) mass is 242 g/mol. The van der Waals surface area contributed by atoms with Gasteiger partial charge in [-0.1, -0.05) is 12.1 Å². The third-order valence-corrected chi connectivity index (χ3v) is 3.03. The Labute approximate surface area is 100 Å². The zero-order valence-corrected chi connectivity index (χ0v) is 10.2. The van der Waals surface area contributed by atoms with Gasteiger partial charge in [-0.2, -0.15) is 0 Å². The topological polar surface area (TPSA) is 49.7 Å². The maximum atomic E-state index is 9.43. The van der Waals surface area contributed by atoms with Crippen LogP contribution in [0.15, 0.2) is 29.2 Å². The summed E-state index contributed by atoms with van der Waals surface area (Å²) in [7, 11) is 0. The summed E-state index contributed by atoms with van der Waals surface area (Å²) in [6.45, 7) is 2.86. The molecular formula is C12H18O3S. The van der Waals surface area contributed by atoms with Gasteiger partial charge in [0, 0.05) is 10.6 Å². The van der Waals surface area contributed by atoms with E-state index in [1.54, 1.807) is 18.7 Å². The van der Waals surface area contributed by atoms with Gasteiger partial charge in [0.25, 0.3) is 0 Å². The largest absolute Gasteiger partial charge is 0.394 e. The molecule has 0 heterocycles. The first-order valence-electron chi connectivity index (χ1n) is 5.33. The van der Waals surface area contributed by atoms with E-state index in [-0.39, 0.29) is 6.61 Å². The Hall–Kier alpha value is -0.550. The molecule has 0 bridgehead atoms. The fraction of sp³-hybridized carbons (Fsp3) is 0.500. The van der Waals surface area contributed by atoms with Crippen molar-refractivity contribution in [1.29, 1.82) is 0 Å². The van der Waals surface area contributed by atoms with Gasteiger partial charge in [0.05, 0.1) is 25.9 Å². The summed E-state index contributed by atoms with van der Waals surface area (Å²) in [5.41, 5.74) is 0.932. The summed E-state index contributed by atoms with van der Waals surface area (Å²) < 4.78 is 5.16. The average Bonchev–Trinajstić information content (AvgIpc) is 2.29. The molecule has 16 heavy (non-hydrogen) atoms. The van der Waals surface area contributed by atoms with Crippen LogP contribution in [0.5, 0.6) is 0 Å². The minimum Gasteiger partial charge on any atom is -0.394 e. The van der Waals surface area contributed by atoms with Gasteiger partial charge in [0.15, 0.2) is 0 Å². The van der Waals surface area contributed by atoms with E-state index < -0.39 is 6.10 Å². The van der Waals surface area contributed by atoms with Crippen LogP contribution in [-0.4, -0.2) is 35.8 Å². The lowest BCUT2D eigenvalue weighted by Crippen LogP contribution is -2.02. The van der Waals surface area contributed by atoms with E-state index in [1.165, 1.54) is 0 Å². The predicted molar refractivity (Wildman–Crippen MR) is 65.7 cm³/mol. The number of aliphatic hydroxyl groups excluding tert-OH is 2. The Morgan fingerprint density at radius 1 is 1.38 bits per heavy atom. The van der Waals surface area contributed by atoms with Gasteiger partial charge in [-0.15, -0.1) is 11.8 Å². The van der Waals surface area contributed by atoms with Crippen LogP contribution in [-0.2, 0) is 4.74 Å². The van der Waals surface area contributed by atoms with Crippen LogP contribution in [0.25, 0.3) is 0 Å². The Kier molecular flexibility index (Phi) is 6.49. The van der Waals surface area contributed by atoms with Gasteiger partial charge in [0.1, 0.15) is 0 Å². The molecule has 3 nitrogen and oxygen atoms in total. The molecule has 2 N–H and O–H groups in total. The lowest BCUT2D eigenvalue weighted by molar-refractivity contribution is 0.103. The first kappa shape index (κ1) is 13.5. The van der Waals surface area contributed by atoms with E-state index in [4.69, 9.17) is 9.84 Å². The zero-order valence-electron chi connectivity index (χ0n) is 9.43. The van der Waals surface area contributed by atoms with Crippen molar-refractivity contribution in [3.63, 3.8) is 0 Å². The summed E-state index contributed by atoms with van der Waals surface area (Å²) in [5, 5.41) is 17.9. The van der Waals surface area contributed by atoms with E-state index in [9.17, 15) is 5.11 Å². The minimum absolute atomic E-state index is 0.0716. The van der Waals surface area contributed by atoms with Crippen LogP contribution < -0.4 is 0 Å². The van der Waals surface area contributed by atoms with Gasteiger partial charge >= 0.3 is 0 Å². The summed E-state index contributed by atoms with van der Waals surface area (Å²) >= 11 is 1.68. The number of benzene rings is 1. The molecule has 1 unspecified atom stereocenters. The second-order valence-corrected chi connectivity index (χ2v) is 4.60. The molecule has 0 saturated heterocycles. The summed E-state index contributed by atoms with van der Waals surface area (Å²) in [5.74, 6) is 0.850. The third kappa shape index (κ3) is 4.99. The Bertz CT molecular complexity index is 302. The van der Waals surface area contributed by atoms with E-state index in [1.807, 2.05) is 24.3 Å². The van der Waals surface area contributed by atoms with Crippen molar-refractivity contribution in [2.75, 3.05) is 25.6 Å². The maximum Gasteiger partial charge on any atom is 0.0762 e. The molecule has 0 aromatic heterocycles. The Balaban J connectivity index is 2.33. The van der Waals surface area contributed by atoms with Crippen LogP contribution in [0.3, 0.4) is 0 Å². The fourth-order valence-electron chi connectivity index (χ4n) is 1.25. The maximum absolute atomic E-state index is 9.43. The van der Waals surface area contributed by atoms with Crippen LogP contribution in [0.4, 0.5) is 0 Å². The Morgan fingerprint density at radius 2 is 2.19 bits per heavy atom. The molecular weight excluding hydrogens is 224 g/mol. The molecule has 0 spiro atoms. The van der Waals surface area contributed by atoms with Gasteiger partial charge in [-0.3, -0.25) is 0 Å². The van der Waals surface area contributed by atoms with E-state index in [0.29, 0.717) is 13.2 Å². The second kappa shape index (κ2) is 7.68. The standard InChI is InChI=1S/C12H18O3S/c1-10(14)11-3-2-4-12(9-11)16-8-7-15-6-5-13/h2-4,9-10,13-14H,5-8H2,1H3. The number of hydrogen-bond acceptors (Lipinski definition) is 4. The first-order chi connectivity index (χ1) is 7.74. The van der Waals surface area contributed by atoms with Crippen molar-refractivity contribution in [2.45, 2.75) is 17.9 Å². The molecule has 0 fully saturated rings. The van der Waals surface area contributed by atoms with Crippen molar-refractivity contribution in [3.05, 3.63) is 29.8 Å². The number of hydrogen-bond donors (Lipinski definition) is 2. The van der Waals surface area contributed by atoms with Gasteiger partial charge in [-0.25, -0.2) is 0 Å². The number of thioether (sulfide) groups is 1. The first-order valence-corrected chi connectivity index (χ1v) is 6.32. The van der Waals surface area contributed by atoms with Crippen molar-refractivity contribution in [2.24, 2.45) is 0 Å². The summed E-state index contributed by atoms with van der Waals surface area (Å²) in [6, 6.07) is 7.86. The van der Waals surface area contributed by atoms with E-state index in [2.05, 4.69) is 0 Å². The summed E-state index contributed by atoms with van der Waals surface area (Å²) in [6.07, 6.45) is -0.425. The van der Waals surface area contributed by atoms with Crippen LogP contribution >= 0.6 is 11.8 Å². The SMILES string of the molecule is CC(O)c1cccc(SCCOCCO)c1. The molecule has 1 atom stereocenters. The van der Waals surface area contributed by atoms with Gasteiger partial charge < -0.3 is 14.9 Å². The second-order valence-electron chi connectivity index (χ2n) is 3.43. The molecule has 1 aromatic carbocycles. The number of rotatable bonds is 7. The average molecular weight is 242 g/mol. The molecule has 4 heteroatoms. The lowest BCUT2D eigenvalue weighted by atomic mass is 10.1. The highest BCUT2D eigenvalue weighted by Gasteiger charge is 2.01. The van der Waals surface area contributed by atoms with Crippen LogP contribution in [0.1, 0.15) is 18.6 Å². The lowest BCUT2D eigenvalue weighted by Gasteiger charge is -2.07. The molecule has 0 radical (unpaired) electrons. The molecule has 1 rings (SSSR count). The molecule has 0 aliphatic heterocycles. The Morgan fingerprint density at radius 3 is 2.88 bits per heavy atom. The third-order valence-electron chi connectivity index (χ3n) is 2.07. The predicted octanol–water partition coefficient (Wildman–Crippen LogP) is 1.84. The van der Waals surface area contributed by atoms with Crippen molar-refractivity contribution >= 4 is 11.8 Å². The normalized spacial score (nSPS) is 12.7. The zero-order chi connectivity index (χ0) is 11.8. The van der Waals surface area contributed by atoms with Crippen molar-refractivity contribution in [1.82, 2.24) is 0 Å². The van der Waals surface area contributed by atoms with E-state index in [0.717, 1.165) is 16.2 Å². The van der Waals surface area contributed by atoms with E-state index >= 15 is 0 Å². The molecule has 0 saturated carbocycles. The molecule has 1 aromatic rings. The smallest absolute Gasteiger partial charge is 0.0762 e. The quantitative estimate of drug-likeness (QED) is 0.566. The van der Waals surface area contributed by atoms with Crippen LogP contribution in [0, 0.1) is 0 Å². The molecule has 0 aliphatic rings. The van der Waals surface area contributed by atoms with Crippen molar-refractivity contribution < 1.29 is 14.9 Å². The van der Waals surface area contributed by atoms with Gasteiger partial charge in [-0.05, 0) is 24.6 Å². The molecule has 0 amide bonds. The molecule has 90 valence electrons. The summed E-state index contributed by atoms with van der Waals surface area (Å²) in [4.78, 5) is 1.13.